The van der Waals surface area contributed by atoms with Crippen LogP contribution in [0.25, 0.3) is 0 Å². The largest absolute Gasteiger partial charge is 0.380 e. The summed E-state index contributed by atoms with van der Waals surface area (Å²) in [5.74, 6) is -0.0857. The second-order valence-electron chi connectivity index (χ2n) is 6.47. The van der Waals surface area contributed by atoms with Gasteiger partial charge in [0.1, 0.15) is 0 Å². The molecule has 1 heterocycles. The molecule has 1 saturated heterocycles. The first-order valence-electron chi connectivity index (χ1n) is 8.33. The van der Waals surface area contributed by atoms with Crippen LogP contribution in [0.4, 0.5) is 0 Å². The Labute approximate surface area is 153 Å². The van der Waals surface area contributed by atoms with E-state index in [9.17, 15) is 4.79 Å². The maximum Gasteiger partial charge on any atom is 0.251 e. The third-order valence-electron chi connectivity index (χ3n) is 4.44. The van der Waals surface area contributed by atoms with E-state index in [1.54, 1.807) is 7.11 Å². The highest BCUT2D eigenvalue weighted by atomic mass is 35.5. The van der Waals surface area contributed by atoms with Crippen LogP contribution in [0.15, 0.2) is 48.5 Å². The number of carbonyl (C=O) groups excluding carboxylic acids is 1. The summed E-state index contributed by atoms with van der Waals surface area (Å²) < 4.78 is 10.7. The van der Waals surface area contributed by atoms with E-state index >= 15 is 0 Å². The molecule has 1 aliphatic heterocycles. The van der Waals surface area contributed by atoms with Crippen molar-refractivity contribution in [2.45, 2.75) is 25.0 Å². The van der Waals surface area contributed by atoms with Crippen LogP contribution < -0.4 is 5.32 Å². The highest BCUT2D eigenvalue weighted by Gasteiger charge is 2.36. The van der Waals surface area contributed by atoms with E-state index in [2.05, 4.69) is 5.32 Å². The highest BCUT2D eigenvalue weighted by Crippen LogP contribution is 2.25. The molecule has 0 aliphatic carbocycles. The van der Waals surface area contributed by atoms with Crippen LogP contribution in [0.1, 0.15) is 27.9 Å². The van der Waals surface area contributed by atoms with Gasteiger partial charge in [-0.05, 0) is 48.2 Å². The predicted octanol–water partition coefficient (Wildman–Crippen LogP) is 3.62. The van der Waals surface area contributed by atoms with E-state index in [0.29, 0.717) is 36.8 Å². The van der Waals surface area contributed by atoms with Crippen molar-refractivity contribution in [1.82, 2.24) is 5.32 Å². The monoisotopic (exact) mass is 359 g/mol. The van der Waals surface area contributed by atoms with E-state index in [1.165, 1.54) is 0 Å². The number of amides is 1. The number of halogens is 1. The second kappa shape index (κ2) is 8.00. The molecule has 1 atom stereocenters. The molecule has 1 fully saturated rings. The number of hydrogen-bond acceptors (Lipinski definition) is 3. The Bertz CT molecular complexity index is 724. The fraction of sp³-hybridized carbons (Fsp3) is 0.350. The summed E-state index contributed by atoms with van der Waals surface area (Å²) in [5, 5.41) is 3.91. The Balaban J connectivity index is 1.75. The molecule has 2 aromatic rings. The Morgan fingerprint density at radius 3 is 2.72 bits per heavy atom. The molecular weight excluding hydrogens is 338 g/mol. The van der Waals surface area contributed by atoms with Crippen molar-refractivity contribution in [3.8, 4) is 0 Å². The van der Waals surface area contributed by atoms with Gasteiger partial charge >= 0.3 is 0 Å². The number of ether oxygens (including phenoxy) is 2. The lowest BCUT2D eigenvalue weighted by atomic mass is 9.89. The summed E-state index contributed by atoms with van der Waals surface area (Å²) in [6, 6.07) is 15.2. The molecule has 2 aromatic carbocycles. The molecule has 0 unspecified atom stereocenters. The van der Waals surface area contributed by atoms with Gasteiger partial charge in [0, 0.05) is 24.3 Å². The van der Waals surface area contributed by atoms with E-state index in [0.717, 1.165) is 17.5 Å². The van der Waals surface area contributed by atoms with Crippen LogP contribution in [-0.4, -0.2) is 31.8 Å². The van der Waals surface area contributed by atoms with Gasteiger partial charge in [-0.3, -0.25) is 4.79 Å². The quantitative estimate of drug-likeness (QED) is 0.857. The minimum absolute atomic E-state index is 0.0857. The number of nitrogens with one attached hydrogen (secondary N) is 1. The fourth-order valence-electron chi connectivity index (χ4n) is 3.16. The van der Waals surface area contributed by atoms with Gasteiger partial charge in [-0.1, -0.05) is 35.9 Å². The first-order valence-corrected chi connectivity index (χ1v) is 8.71. The summed E-state index contributed by atoms with van der Waals surface area (Å²) in [5.41, 5.74) is 2.35. The molecule has 25 heavy (non-hydrogen) atoms. The average molecular weight is 360 g/mol. The van der Waals surface area contributed by atoms with E-state index in [1.807, 2.05) is 48.5 Å². The standard InChI is InChI=1S/C20H22ClNO3/c1-24-13-16-3-2-4-17(11-16)19(23)22-20(9-10-25-14-20)12-15-5-7-18(21)8-6-15/h2-8,11H,9-10,12-14H2,1H3,(H,22,23)/t20-/m0/s1. The lowest BCUT2D eigenvalue weighted by molar-refractivity contribution is 0.0877. The van der Waals surface area contributed by atoms with Gasteiger partial charge in [0.25, 0.3) is 5.91 Å². The molecular formula is C20H22ClNO3. The first-order chi connectivity index (χ1) is 12.1. The minimum atomic E-state index is -0.387. The maximum absolute atomic E-state index is 12.8. The number of methoxy groups -OCH3 is 1. The Hall–Kier alpha value is -1.88. The molecule has 4 nitrogen and oxygen atoms in total. The summed E-state index contributed by atoms with van der Waals surface area (Å²) in [4.78, 5) is 12.8. The van der Waals surface area contributed by atoms with Crippen molar-refractivity contribution in [3.63, 3.8) is 0 Å². The SMILES string of the molecule is COCc1cccc(C(=O)N[C@]2(Cc3ccc(Cl)cc3)CCOC2)c1. The Morgan fingerprint density at radius 1 is 1.24 bits per heavy atom. The minimum Gasteiger partial charge on any atom is -0.380 e. The van der Waals surface area contributed by atoms with Crippen molar-refractivity contribution in [3.05, 3.63) is 70.2 Å². The molecule has 0 spiro atoms. The van der Waals surface area contributed by atoms with Gasteiger partial charge in [-0.25, -0.2) is 0 Å². The van der Waals surface area contributed by atoms with E-state index < -0.39 is 0 Å². The van der Waals surface area contributed by atoms with Crippen molar-refractivity contribution >= 4 is 17.5 Å². The lowest BCUT2D eigenvalue weighted by Crippen LogP contribution is -2.50. The summed E-state index contributed by atoms with van der Waals surface area (Å²) in [6.07, 6.45) is 1.51. The molecule has 0 bridgehead atoms. The van der Waals surface area contributed by atoms with Gasteiger partial charge in [0.05, 0.1) is 18.8 Å². The van der Waals surface area contributed by atoms with Gasteiger partial charge < -0.3 is 14.8 Å². The van der Waals surface area contributed by atoms with Gasteiger partial charge in [0.15, 0.2) is 0 Å². The smallest absolute Gasteiger partial charge is 0.251 e. The number of carbonyl (C=O) groups is 1. The van der Waals surface area contributed by atoms with Gasteiger partial charge in [0.2, 0.25) is 0 Å². The predicted molar refractivity (Wildman–Crippen MR) is 97.9 cm³/mol. The third-order valence-corrected chi connectivity index (χ3v) is 4.69. The highest BCUT2D eigenvalue weighted by molar-refractivity contribution is 6.30. The molecule has 5 heteroatoms. The molecule has 1 amide bonds. The van der Waals surface area contributed by atoms with Crippen LogP contribution in [0.5, 0.6) is 0 Å². The maximum atomic E-state index is 12.8. The Kier molecular flexibility index (Phi) is 5.74. The zero-order valence-electron chi connectivity index (χ0n) is 14.3. The van der Waals surface area contributed by atoms with Crippen LogP contribution in [0, 0.1) is 0 Å². The Morgan fingerprint density at radius 2 is 2.04 bits per heavy atom. The van der Waals surface area contributed by atoms with Gasteiger partial charge in [-0.2, -0.15) is 0 Å². The van der Waals surface area contributed by atoms with Crippen LogP contribution in [-0.2, 0) is 22.5 Å². The normalized spacial score (nSPS) is 19.8. The zero-order valence-corrected chi connectivity index (χ0v) is 15.0. The summed E-state index contributed by atoms with van der Waals surface area (Å²) >= 11 is 5.96. The van der Waals surface area contributed by atoms with Crippen LogP contribution in [0.2, 0.25) is 5.02 Å². The van der Waals surface area contributed by atoms with Gasteiger partial charge in [-0.15, -0.1) is 0 Å². The molecule has 0 aromatic heterocycles. The summed E-state index contributed by atoms with van der Waals surface area (Å²) in [7, 11) is 1.64. The number of hydrogen-bond donors (Lipinski definition) is 1. The van der Waals surface area contributed by atoms with Crippen molar-refractivity contribution < 1.29 is 14.3 Å². The lowest BCUT2D eigenvalue weighted by Gasteiger charge is -2.29. The first kappa shape index (κ1) is 17.9. The molecule has 1 N–H and O–H groups in total. The van der Waals surface area contributed by atoms with Crippen LogP contribution >= 0.6 is 11.6 Å². The zero-order chi connectivity index (χ0) is 17.7. The average Bonchev–Trinajstić information content (AvgIpc) is 3.06. The molecule has 0 saturated carbocycles. The number of benzene rings is 2. The van der Waals surface area contributed by atoms with E-state index in [4.69, 9.17) is 21.1 Å². The molecule has 132 valence electrons. The van der Waals surface area contributed by atoms with Crippen molar-refractivity contribution in [2.24, 2.45) is 0 Å². The fourth-order valence-corrected chi connectivity index (χ4v) is 3.29. The molecule has 0 radical (unpaired) electrons. The second-order valence-corrected chi connectivity index (χ2v) is 6.91. The van der Waals surface area contributed by atoms with E-state index in [-0.39, 0.29) is 11.4 Å². The van der Waals surface area contributed by atoms with Crippen molar-refractivity contribution in [1.29, 1.82) is 0 Å². The molecule has 3 rings (SSSR count). The van der Waals surface area contributed by atoms with Crippen molar-refractivity contribution in [2.75, 3.05) is 20.3 Å². The number of rotatable bonds is 6. The third kappa shape index (κ3) is 4.60. The van der Waals surface area contributed by atoms with Crippen LogP contribution in [0.3, 0.4) is 0 Å². The topological polar surface area (TPSA) is 47.6 Å². The summed E-state index contributed by atoms with van der Waals surface area (Å²) in [6.45, 7) is 1.65. The molecule has 1 aliphatic rings.